The fraction of sp³-hybridized carbons (Fsp3) is 0.750. The number of nitrogens with one attached hydrogen (secondary N) is 2. The Morgan fingerprint density at radius 3 is 2.60 bits per heavy atom. The molecule has 0 aromatic carbocycles. The Bertz CT molecular complexity index is 814. The molecule has 4 fully saturated rings. The molecule has 1 aliphatic carbocycles. The Balaban J connectivity index is 1.15. The molecule has 3 unspecified atom stereocenters. The number of nitrogens with zero attached hydrogens (tertiary/aromatic N) is 2. The minimum atomic E-state index is -1.01. The molecule has 4 aliphatic heterocycles. The SMILES string of the molecule is CC1C(SC2CN(C3CCC(CNC(=N)N)CC3)C2)=C(C(=O)O)N2C(=O)C3(CO3)C12. The fourth-order valence-corrected chi connectivity index (χ4v) is 7.21. The van der Waals surface area contributed by atoms with E-state index in [1.165, 1.54) is 4.90 Å². The molecule has 3 atom stereocenters. The van der Waals surface area contributed by atoms with Crippen molar-refractivity contribution in [2.75, 3.05) is 26.2 Å². The first-order valence-corrected chi connectivity index (χ1v) is 11.6. The quantitative estimate of drug-likeness (QED) is 0.203. The summed E-state index contributed by atoms with van der Waals surface area (Å²) >= 11 is 1.66. The van der Waals surface area contributed by atoms with Crippen molar-refractivity contribution < 1.29 is 19.4 Å². The third-order valence-corrected chi connectivity index (χ3v) is 8.89. The summed E-state index contributed by atoms with van der Waals surface area (Å²) < 4.78 is 5.43. The standard InChI is InChI=1S/C20H29N5O4S/c1-10-15(14(17(26)27)25-16(10)20(9-29-20)18(25)28)30-13-7-24(8-13)12-4-2-11(3-5-12)6-23-19(21)22/h10-13,16H,2-9H2,1H3,(H,26,27)(H4,21,22,23). The first-order chi connectivity index (χ1) is 14.3. The highest BCUT2D eigenvalue weighted by atomic mass is 32.2. The van der Waals surface area contributed by atoms with Gasteiger partial charge in [-0.25, -0.2) is 4.79 Å². The zero-order chi connectivity index (χ0) is 21.2. The van der Waals surface area contributed by atoms with E-state index in [4.69, 9.17) is 15.9 Å². The van der Waals surface area contributed by atoms with Gasteiger partial charge in [-0.1, -0.05) is 6.92 Å². The summed E-state index contributed by atoms with van der Waals surface area (Å²) in [5.41, 5.74) is 4.82. The highest BCUT2D eigenvalue weighted by molar-refractivity contribution is 8.03. The molecule has 1 saturated carbocycles. The van der Waals surface area contributed by atoms with Crippen LogP contribution < -0.4 is 11.1 Å². The number of β-lactam (4-membered cyclic amide) rings is 1. The molecule has 5 N–H and O–H groups in total. The van der Waals surface area contributed by atoms with Gasteiger partial charge in [0.05, 0.1) is 12.6 Å². The van der Waals surface area contributed by atoms with Crippen LogP contribution in [0.4, 0.5) is 0 Å². The number of likely N-dealkylation sites (tertiary alicyclic amines) is 1. The van der Waals surface area contributed by atoms with Crippen LogP contribution in [0.15, 0.2) is 10.6 Å². The third kappa shape index (κ3) is 3.03. The summed E-state index contributed by atoms with van der Waals surface area (Å²) in [5.74, 6) is -0.553. The van der Waals surface area contributed by atoms with Gasteiger partial charge in [0, 0.05) is 41.7 Å². The van der Waals surface area contributed by atoms with E-state index >= 15 is 0 Å². The normalized spacial score (nSPS) is 38.3. The molecule has 164 valence electrons. The number of carboxylic acids is 1. The summed E-state index contributed by atoms with van der Waals surface area (Å²) in [6.07, 6.45) is 4.60. The van der Waals surface area contributed by atoms with Crippen molar-refractivity contribution in [3.63, 3.8) is 0 Å². The maximum atomic E-state index is 12.4. The summed E-state index contributed by atoms with van der Waals surface area (Å²) in [6.45, 7) is 5.17. The van der Waals surface area contributed by atoms with Gasteiger partial charge in [-0.2, -0.15) is 0 Å². The molecule has 3 saturated heterocycles. The predicted octanol–water partition coefficient (Wildman–Crippen LogP) is 0.371. The second-order valence-corrected chi connectivity index (χ2v) is 10.6. The predicted molar refractivity (Wildman–Crippen MR) is 112 cm³/mol. The Labute approximate surface area is 179 Å². The van der Waals surface area contributed by atoms with Gasteiger partial charge in [-0.05, 0) is 31.6 Å². The molecule has 1 spiro atoms. The number of carboxylic acid groups (broad SMARTS) is 1. The van der Waals surface area contributed by atoms with Crippen molar-refractivity contribution in [1.82, 2.24) is 15.1 Å². The van der Waals surface area contributed by atoms with E-state index in [9.17, 15) is 14.7 Å². The zero-order valence-corrected chi connectivity index (χ0v) is 17.9. The highest BCUT2D eigenvalue weighted by Crippen LogP contribution is 2.58. The van der Waals surface area contributed by atoms with Crippen molar-refractivity contribution in [3.8, 4) is 0 Å². The lowest BCUT2D eigenvalue weighted by atomic mass is 9.82. The molecule has 5 rings (SSSR count). The van der Waals surface area contributed by atoms with E-state index in [0.29, 0.717) is 23.8 Å². The van der Waals surface area contributed by atoms with Crippen LogP contribution in [0, 0.1) is 17.2 Å². The average Bonchev–Trinajstić information content (AvgIpc) is 3.45. The van der Waals surface area contributed by atoms with Crippen LogP contribution in [0.2, 0.25) is 0 Å². The molecule has 10 heteroatoms. The van der Waals surface area contributed by atoms with Gasteiger partial charge in [0.15, 0.2) is 11.6 Å². The van der Waals surface area contributed by atoms with Gasteiger partial charge in [0.1, 0.15) is 5.70 Å². The van der Waals surface area contributed by atoms with Crippen molar-refractivity contribution in [3.05, 3.63) is 10.6 Å². The van der Waals surface area contributed by atoms with Crippen LogP contribution >= 0.6 is 11.8 Å². The number of aliphatic carboxylic acids is 1. The zero-order valence-electron chi connectivity index (χ0n) is 17.1. The van der Waals surface area contributed by atoms with E-state index in [-0.39, 0.29) is 29.5 Å². The average molecular weight is 436 g/mol. The topological polar surface area (TPSA) is 135 Å². The van der Waals surface area contributed by atoms with Crippen LogP contribution in [-0.4, -0.2) is 81.9 Å². The Hall–Kier alpha value is -1.78. The van der Waals surface area contributed by atoms with Gasteiger partial charge < -0.3 is 20.9 Å². The van der Waals surface area contributed by atoms with Gasteiger partial charge >= 0.3 is 5.97 Å². The van der Waals surface area contributed by atoms with Gasteiger partial charge in [-0.15, -0.1) is 11.8 Å². The largest absolute Gasteiger partial charge is 0.477 e. The van der Waals surface area contributed by atoms with Gasteiger partial charge in [-0.3, -0.25) is 20.0 Å². The van der Waals surface area contributed by atoms with Gasteiger partial charge in [0.25, 0.3) is 5.91 Å². The lowest BCUT2D eigenvalue weighted by molar-refractivity contribution is -0.158. The molecule has 0 radical (unpaired) electrons. The molecule has 1 amide bonds. The second-order valence-electron chi connectivity index (χ2n) is 9.27. The maximum Gasteiger partial charge on any atom is 0.353 e. The van der Waals surface area contributed by atoms with Crippen LogP contribution in [0.25, 0.3) is 0 Å². The van der Waals surface area contributed by atoms with Crippen LogP contribution in [0.5, 0.6) is 0 Å². The number of amides is 1. The number of hydrogen-bond donors (Lipinski definition) is 4. The number of fused-ring (bicyclic) bond motifs is 2. The number of ether oxygens (including phenoxy) is 1. The molecule has 30 heavy (non-hydrogen) atoms. The molecule has 0 bridgehead atoms. The number of nitrogens with two attached hydrogens (primary N) is 1. The summed E-state index contributed by atoms with van der Waals surface area (Å²) in [4.78, 5) is 29.2. The van der Waals surface area contributed by atoms with E-state index in [0.717, 1.165) is 50.2 Å². The third-order valence-electron chi connectivity index (χ3n) is 7.44. The number of carbonyl (C=O) groups is 2. The van der Waals surface area contributed by atoms with E-state index in [1.54, 1.807) is 11.8 Å². The smallest absolute Gasteiger partial charge is 0.353 e. The number of epoxide rings is 1. The summed E-state index contributed by atoms with van der Waals surface area (Å²) in [6, 6.07) is 0.447. The van der Waals surface area contributed by atoms with E-state index in [1.807, 2.05) is 6.92 Å². The van der Waals surface area contributed by atoms with Crippen molar-refractivity contribution >= 4 is 29.6 Å². The Morgan fingerprint density at radius 2 is 2.03 bits per heavy atom. The molecular formula is C20H29N5O4S. The van der Waals surface area contributed by atoms with Crippen LogP contribution in [-0.2, 0) is 14.3 Å². The van der Waals surface area contributed by atoms with Crippen molar-refractivity contribution in [1.29, 1.82) is 5.41 Å². The van der Waals surface area contributed by atoms with E-state index < -0.39 is 11.6 Å². The number of carbonyl (C=O) groups excluding carboxylic acids is 1. The molecule has 0 aromatic heterocycles. The lowest BCUT2D eigenvalue weighted by Crippen LogP contribution is -2.67. The van der Waals surface area contributed by atoms with Crippen molar-refractivity contribution in [2.45, 2.75) is 55.5 Å². The van der Waals surface area contributed by atoms with Crippen LogP contribution in [0.1, 0.15) is 32.6 Å². The summed E-state index contributed by atoms with van der Waals surface area (Å²) in [7, 11) is 0. The first-order valence-electron chi connectivity index (χ1n) is 10.8. The molecule has 9 nitrogen and oxygen atoms in total. The maximum absolute atomic E-state index is 12.4. The highest BCUT2D eigenvalue weighted by Gasteiger charge is 2.76. The first kappa shape index (κ1) is 20.1. The number of rotatable bonds is 6. The van der Waals surface area contributed by atoms with Gasteiger partial charge in [0.2, 0.25) is 0 Å². The molecule has 4 heterocycles. The molecule has 0 aromatic rings. The number of guanidine groups is 1. The summed E-state index contributed by atoms with van der Waals surface area (Å²) in [5, 5.41) is 20.3. The Morgan fingerprint density at radius 1 is 1.37 bits per heavy atom. The second kappa shape index (κ2) is 7.13. The van der Waals surface area contributed by atoms with E-state index in [2.05, 4.69) is 10.2 Å². The molecular weight excluding hydrogens is 406 g/mol. The van der Waals surface area contributed by atoms with Crippen molar-refractivity contribution in [2.24, 2.45) is 17.6 Å². The Kier molecular flexibility index (Phi) is 4.79. The fourth-order valence-electron chi connectivity index (χ4n) is 5.68. The minimum Gasteiger partial charge on any atom is -0.477 e. The molecule has 5 aliphatic rings. The number of thioether (sulfide) groups is 1. The monoisotopic (exact) mass is 435 g/mol. The van der Waals surface area contributed by atoms with Crippen LogP contribution in [0.3, 0.4) is 0 Å². The lowest BCUT2D eigenvalue weighted by Gasteiger charge is -2.46. The minimum absolute atomic E-state index is 0.0135. The number of hydrogen-bond acceptors (Lipinski definition) is 6.